The smallest absolute Gasteiger partial charge is 0.335 e. The molecule has 0 aromatic carbocycles. The maximum atomic E-state index is 14.6. The van der Waals surface area contributed by atoms with Crippen molar-refractivity contribution >= 4 is 17.7 Å². The SMILES string of the molecule is CC(=O)O[C@]12CC(C)(C)CC[C@H]1C(=O)C[C@@]1(C)C2=CC[C@H]2[C@]3(C)CC[C@H](O[C@H]4O[C@H](C(=O)O)[C@H](O[C@H]5O[C@H](CO)[C@@H](O)[C@@H](O)[C@H]5O[C@H]5O[C@H](CO)[C@@H](O)[C@@H](O)[C@@H]5O)[C@H](O)[C@H]4O[C@@H]4O[C@H](CO)[C@@H](O)[C@H](O)[C@@H]4O)C(C)(C)[C@@H]3CC[C@@]21C. The highest BCUT2D eigenvalue weighted by atomic mass is 16.8. The fourth-order valence-corrected chi connectivity index (χ4v) is 16.7. The van der Waals surface area contributed by atoms with Gasteiger partial charge in [-0.25, -0.2) is 4.79 Å². The molecule has 0 aromatic heterocycles. The van der Waals surface area contributed by atoms with Crippen molar-refractivity contribution in [3.63, 3.8) is 0 Å². The van der Waals surface area contributed by atoms with Crippen LogP contribution in [-0.2, 0) is 57.0 Å². The minimum atomic E-state index is -2.23. The van der Waals surface area contributed by atoms with Gasteiger partial charge in [-0.05, 0) is 90.4 Å². The Morgan fingerprint density at radius 2 is 1.10 bits per heavy atom. The summed E-state index contributed by atoms with van der Waals surface area (Å²) in [4.78, 5) is 41.1. The standard InChI is InChI=1S/C55H86O25/c1-22(59)80-55-21-50(2,3)14-11-23(55)24(60)17-54(8)30(55)10-9-29-52(6)15-13-31(51(4,5)28(52)12-16-53(29,54)7)75-49-43(78-47-39(68)36(65)33(62)26(19-57)73-47)40(69)41(44(79-49)45(70)71)76-48-42(37(66)34(63)27(20-58)74-48)77-46-38(67)35(64)32(61)25(18-56)72-46/h10,23,25-29,31-44,46-49,56-58,61-69H,9,11-21H2,1-8H3,(H,70,71)/t23-,25+,26+,27+,28-,29-,31-,32+,33+,34+,35+,36-,37+,38-,39-,40-,41+,42+,43+,44-,46+,47-,48+,49-,52+,53-,54-,55+/m0/s1. The Bertz CT molecular complexity index is 2300. The second kappa shape index (κ2) is 22.4. The van der Waals surface area contributed by atoms with Gasteiger partial charge in [0.15, 0.2) is 31.3 Å². The topological polar surface area (TPSA) is 397 Å². The van der Waals surface area contributed by atoms with Crippen molar-refractivity contribution in [2.75, 3.05) is 19.8 Å². The van der Waals surface area contributed by atoms with E-state index in [9.17, 15) is 80.8 Å². The number of ketones is 1. The number of hydrogen-bond acceptors (Lipinski definition) is 24. The average molecular weight is 1150 g/mol. The van der Waals surface area contributed by atoms with E-state index in [4.69, 9.17) is 42.6 Å². The Balaban J connectivity index is 1.02. The Labute approximate surface area is 464 Å². The number of aliphatic hydroxyl groups excluding tert-OH is 12. The lowest BCUT2D eigenvalue weighted by molar-refractivity contribution is -0.401. The van der Waals surface area contributed by atoms with E-state index in [1.54, 1.807) is 0 Å². The molecule has 5 aliphatic carbocycles. The van der Waals surface area contributed by atoms with Crippen LogP contribution in [0.1, 0.15) is 113 Å². The first kappa shape index (κ1) is 62.1. The lowest BCUT2D eigenvalue weighted by atomic mass is 9.34. The van der Waals surface area contributed by atoms with Crippen molar-refractivity contribution in [1.82, 2.24) is 0 Å². The molecule has 4 heterocycles. The van der Waals surface area contributed by atoms with Gasteiger partial charge in [-0.1, -0.05) is 54.5 Å². The first-order valence-corrected chi connectivity index (χ1v) is 28.2. The number of Topliss-reactive ketones (excluding diaryl/α,β-unsaturated/α-hetero) is 1. The number of rotatable bonds is 13. The summed E-state index contributed by atoms with van der Waals surface area (Å²) in [6.07, 6.45) is -32.2. The number of fused-ring (bicyclic) bond motifs is 7. The minimum Gasteiger partial charge on any atom is -0.479 e. The van der Waals surface area contributed by atoms with Crippen LogP contribution in [0.25, 0.3) is 0 Å². The van der Waals surface area contributed by atoms with Gasteiger partial charge in [0.2, 0.25) is 0 Å². The molecule has 28 atom stereocenters. The number of carboxylic acids is 1. The van der Waals surface area contributed by atoms with Crippen LogP contribution in [0.3, 0.4) is 0 Å². The quantitative estimate of drug-likeness (QED) is 0.0541. The van der Waals surface area contributed by atoms with E-state index in [2.05, 4.69) is 40.7 Å². The zero-order chi connectivity index (χ0) is 58.7. The Morgan fingerprint density at radius 3 is 1.64 bits per heavy atom. The van der Waals surface area contributed by atoms with Crippen molar-refractivity contribution in [3.8, 4) is 0 Å². The molecule has 456 valence electrons. The highest BCUT2D eigenvalue weighted by Crippen LogP contribution is 2.75. The first-order valence-electron chi connectivity index (χ1n) is 28.2. The zero-order valence-corrected chi connectivity index (χ0v) is 46.6. The monoisotopic (exact) mass is 1150 g/mol. The maximum absolute atomic E-state index is 14.6. The van der Waals surface area contributed by atoms with Crippen molar-refractivity contribution < 1.29 is 123 Å². The summed E-state index contributed by atoms with van der Waals surface area (Å²) in [5.41, 5.74) is -2.45. The van der Waals surface area contributed by atoms with Gasteiger partial charge >= 0.3 is 11.9 Å². The molecule has 80 heavy (non-hydrogen) atoms. The molecule has 0 unspecified atom stereocenters. The van der Waals surface area contributed by atoms with Crippen molar-refractivity contribution in [1.29, 1.82) is 0 Å². The lowest BCUT2D eigenvalue weighted by Gasteiger charge is -2.71. The molecule has 9 aliphatic rings. The molecular formula is C55H86O25. The first-order chi connectivity index (χ1) is 37.4. The van der Waals surface area contributed by atoms with Gasteiger partial charge in [0.25, 0.3) is 0 Å². The van der Waals surface area contributed by atoms with E-state index >= 15 is 0 Å². The average Bonchev–Trinajstić information content (AvgIpc) is 3.40. The van der Waals surface area contributed by atoms with Crippen LogP contribution in [-0.4, -0.2) is 238 Å². The van der Waals surface area contributed by atoms with Crippen LogP contribution in [0.2, 0.25) is 0 Å². The Morgan fingerprint density at radius 1 is 0.588 bits per heavy atom. The fraction of sp³-hybridized carbons (Fsp3) is 0.909. The predicted octanol–water partition coefficient (Wildman–Crippen LogP) is -1.97. The zero-order valence-electron chi connectivity index (χ0n) is 46.6. The summed E-state index contributed by atoms with van der Waals surface area (Å²) >= 11 is 0. The number of aliphatic hydroxyl groups is 12. The van der Waals surface area contributed by atoms with Crippen LogP contribution in [0.5, 0.6) is 0 Å². The normalized spacial score (nSPS) is 51.9. The van der Waals surface area contributed by atoms with Crippen LogP contribution in [0.4, 0.5) is 0 Å². The summed E-state index contributed by atoms with van der Waals surface area (Å²) in [5, 5.41) is 140. The van der Waals surface area contributed by atoms with Crippen molar-refractivity contribution in [2.24, 2.45) is 44.8 Å². The highest BCUT2D eigenvalue weighted by Gasteiger charge is 2.72. The number of carboxylic acid groups (broad SMARTS) is 1. The molecule has 25 nitrogen and oxygen atoms in total. The number of carbonyl (C=O) groups excluding carboxylic acids is 2. The summed E-state index contributed by atoms with van der Waals surface area (Å²) in [6, 6.07) is 0. The van der Waals surface area contributed by atoms with Gasteiger partial charge in [0.05, 0.1) is 31.8 Å². The maximum Gasteiger partial charge on any atom is 0.335 e. The molecule has 0 aromatic rings. The van der Waals surface area contributed by atoms with Crippen LogP contribution in [0, 0.1) is 44.8 Å². The summed E-state index contributed by atoms with van der Waals surface area (Å²) < 4.78 is 54.6. The second-order valence-corrected chi connectivity index (χ2v) is 26.5. The lowest BCUT2D eigenvalue weighted by Crippen LogP contribution is -2.69. The molecule has 0 radical (unpaired) electrons. The van der Waals surface area contributed by atoms with Gasteiger partial charge in [-0.15, -0.1) is 0 Å². The molecule has 8 fully saturated rings. The van der Waals surface area contributed by atoms with E-state index < -0.39 is 188 Å². The van der Waals surface area contributed by atoms with Gasteiger partial charge in [-0.2, -0.15) is 0 Å². The van der Waals surface area contributed by atoms with Crippen LogP contribution >= 0.6 is 0 Å². The van der Waals surface area contributed by atoms with Gasteiger partial charge in [-0.3, -0.25) is 9.59 Å². The van der Waals surface area contributed by atoms with Crippen LogP contribution < -0.4 is 0 Å². The fourth-order valence-electron chi connectivity index (χ4n) is 16.7. The number of esters is 1. The van der Waals surface area contributed by atoms with E-state index in [1.807, 2.05) is 13.8 Å². The molecule has 25 heteroatoms. The number of ether oxygens (including phenoxy) is 9. The molecule has 9 rings (SSSR count). The number of aliphatic carboxylic acids is 1. The largest absolute Gasteiger partial charge is 0.479 e. The minimum absolute atomic E-state index is 0.0305. The van der Waals surface area contributed by atoms with E-state index in [0.29, 0.717) is 51.4 Å². The molecule has 4 saturated carbocycles. The molecule has 4 aliphatic heterocycles. The molecular weight excluding hydrogens is 1060 g/mol. The number of carbonyl (C=O) groups is 3. The molecule has 13 N–H and O–H groups in total. The molecule has 4 saturated heterocycles. The van der Waals surface area contributed by atoms with Crippen molar-refractivity contribution in [3.05, 3.63) is 11.6 Å². The van der Waals surface area contributed by atoms with E-state index in [0.717, 1.165) is 12.0 Å². The highest BCUT2D eigenvalue weighted by molar-refractivity contribution is 5.87. The van der Waals surface area contributed by atoms with E-state index in [1.165, 1.54) is 6.92 Å². The summed E-state index contributed by atoms with van der Waals surface area (Å²) in [7, 11) is 0. The van der Waals surface area contributed by atoms with Gasteiger partial charge in [0.1, 0.15) is 103 Å². The van der Waals surface area contributed by atoms with E-state index in [-0.39, 0.29) is 28.4 Å². The third-order valence-corrected chi connectivity index (χ3v) is 21.0. The predicted molar refractivity (Wildman–Crippen MR) is 269 cm³/mol. The van der Waals surface area contributed by atoms with Crippen molar-refractivity contribution in [2.45, 2.75) is 248 Å². The van der Waals surface area contributed by atoms with Crippen LogP contribution in [0.15, 0.2) is 11.6 Å². The third kappa shape index (κ3) is 10.1. The summed E-state index contributed by atoms with van der Waals surface area (Å²) in [5.74, 6) is -2.55. The third-order valence-electron chi connectivity index (χ3n) is 21.0. The molecule has 0 amide bonds. The number of hydrogen-bond donors (Lipinski definition) is 13. The summed E-state index contributed by atoms with van der Waals surface area (Å²) in [6.45, 7) is 13.8. The Hall–Kier alpha value is -2.45. The molecule has 0 bridgehead atoms. The molecule has 0 spiro atoms. The second-order valence-electron chi connectivity index (χ2n) is 26.5. The number of allylic oxidation sites excluding steroid dienone is 1. The van der Waals surface area contributed by atoms with Gasteiger partial charge < -0.3 is 109 Å². The Kier molecular flexibility index (Phi) is 17.4. The van der Waals surface area contributed by atoms with Gasteiger partial charge in [0, 0.05) is 18.8 Å².